The maximum atomic E-state index is 14.5. The molecule has 0 saturated heterocycles. The normalized spacial score (nSPS) is 12.6. The molecule has 206 valence electrons. The Kier molecular flexibility index (Phi) is 10.1. The molecule has 2 atom stereocenters. The van der Waals surface area contributed by atoms with Crippen molar-refractivity contribution in [1.29, 1.82) is 5.26 Å². The van der Waals surface area contributed by atoms with Crippen LogP contribution in [0.15, 0.2) is 53.2 Å². The molecule has 0 bridgehead atoms. The van der Waals surface area contributed by atoms with Crippen LogP contribution in [-0.2, 0) is 22.6 Å². The SMILES string of the molecule is CN(C(=O)[C@H](Cc1cccs1)NC(=O)[C@@H](NC(=O)c1cccs1)C(C)(C)C)N(C#N)Cc1cccc(Cl)c1F. The smallest absolute Gasteiger partial charge is 0.264 e. The van der Waals surface area contributed by atoms with Crippen molar-refractivity contribution in [3.8, 4) is 6.19 Å². The quantitative estimate of drug-likeness (QED) is 0.200. The monoisotopic (exact) mass is 589 g/mol. The standard InChI is InChI=1S/C27H29ClFN5O3S2/c1-27(2,3)23(32-24(35)21-11-7-13-39-21)25(36)31-20(14-18-9-6-12-38-18)26(37)33(4)34(16-30)15-17-8-5-10-19(28)22(17)29/h5-13,20,23H,14-15H2,1-4H3,(H,31,36)(H,32,35)/t20-,23+/m0/s1. The van der Waals surface area contributed by atoms with Crippen LogP contribution in [-0.4, -0.2) is 46.9 Å². The third-order valence-corrected chi connectivity index (χ3v) is 7.96. The van der Waals surface area contributed by atoms with Gasteiger partial charge in [0, 0.05) is 23.9 Å². The van der Waals surface area contributed by atoms with Crippen LogP contribution in [0.5, 0.6) is 0 Å². The molecule has 12 heteroatoms. The van der Waals surface area contributed by atoms with Crippen LogP contribution >= 0.6 is 34.3 Å². The van der Waals surface area contributed by atoms with E-state index >= 15 is 0 Å². The van der Waals surface area contributed by atoms with Gasteiger partial charge < -0.3 is 10.6 Å². The molecule has 2 N–H and O–H groups in total. The van der Waals surface area contributed by atoms with Crippen molar-refractivity contribution in [3.63, 3.8) is 0 Å². The van der Waals surface area contributed by atoms with E-state index in [-0.39, 0.29) is 23.6 Å². The molecule has 0 unspecified atom stereocenters. The number of likely N-dealkylation sites (N-methyl/N-ethyl adjacent to an activating group) is 1. The highest BCUT2D eigenvalue weighted by atomic mass is 35.5. The minimum Gasteiger partial charge on any atom is -0.342 e. The summed E-state index contributed by atoms with van der Waals surface area (Å²) in [6, 6.07) is 9.46. The number of nitrogens with one attached hydrogen (secondary N) is 2. The van der Waals surface area contributed by atoms with E-state index in [0.717, 1.165) is 14.9 Å². The molecule has 0 radical (unpaired) electrons. The number of carbonyl (C=O) groups excluding carboxylic acids is 3. The lowest BCUT2D eigenvalue weighted by atomic mass is 9.85. The number of rotatable bonds is 10. The number of hydrazine groups is 1. The maximum absolute atomic E-state index is 14.5. The predicted molar refractivity (Wildman–Crippen MR) is 150 cm³/mol. The fraction of sp³-hybridized carbons (Fsp3) is 0.333. The summed E-state index contributed by atoms with van der Waals surface area (Å²) in [6.07, 6.45) is 2.06. The van der Waals surface area contributed by atoms with Gasteiger partial charge in [-0.25, -0.2) is 14.4 Å². The topological polar surface area (TPSA) is 106 Å². The summed E-state index contributed by atoms with van der Waals surface area (Å²) in [7, 11) is 1.38. The first-order chi connectivity index (χ1) is 18.4. The van der Waals surface area contributed by atoms with Crippen LogP contribution < -0.4 is 10.6 Å². The van der Waals surface area contributed by atoms with Crippen molar-refractivity contribution in [1.82, 2.24) is 20.7 Å². The summed E-state index contributed by atoms with van der Waals surface area (Å²) in [5.41, 5.74) is -0.547. The van der Waals surface area contributed by atoms with Crippen molar-refractivity contribution in [2.24, 2.45) is 5.41 Å². The Morgan fingerprint density at radius 1 is 1.08 bits per heavy atom. The van der Waals surface area contributed by atoms with Gasteiger partial charge in [-0.1, -0.05) is 56.6 Å². The van der Waals surface area contributed by atoms with Gasteiger partial charge in [0.05, 0.1) is 16.4 Å². The van der Waals surface area contributed by atoms with E-state index in [1.165, 1.54) is 41.9 Å². The van der Waals surface area contributed by atoms with Crippen LogP contribution in [0.1, 0.15) is 40.9 Å². The first-order valence-corrected chi connectivity index (χ1v) is 14.1. The van der Waals surface area contributed by atoms with Crippen molar-refractivity contribution in [3.05, 3.63) is 79.4 Å². The van der Waals surface area contributed by atoms with Crippen molar-refractivity contribution < 1.29 is 18.8 Å². The minimum absolute atomic E-state index is 0.0972. The molecular formula is C27H29ClFN5O3S2. The minimum atomic E-state index is -1.07. The van der Waals surface area contributed by atoms with Gasteiger partial charge in [-0.3, -0.25) is 14.4 Å². The predicted octanol–water partition coefficient (Wildman–Crippen LogP) is 4.83. The average molecular weight is 590 g/mol. The molecule has 0 saturated carbocycles. The lowest BCUT2D eigenvalue weighted by molar-refractivity contribution is -0.146. The van der Waals surface area contributed by atoms with E-state index in [0.29, 0.717) is 4.88 Å². The number of hydrogen-bond acceptors (Lipinski definition) is 7. The lowest BCUT2D eigenvalue weighted by Crippen LogP contribution is -2.59. The number of nitriles is 1. The second-order valence-corrected chi connectivity index (χ2v) is 12.2. The summed E-state index contributed by atoms with van der Waals surface area (Å²) in [4.78, 5) is 41.2. The molecule has 0 aliphatic rings. The Hall–Kier alpha value is -3.46. The first kappa shape index (κ1) is 30.1. The van der Waals surface area contributed by atoms with E-state index in [2.05, 4.69) is 10.6 Å². The number of nitrogens with zero attached hydrogens (tertiary/aromatic N) is 3. The molecule has 0 aliphatic heterocycles. The van der Waals surface area contributed by atoms with Crippen LogP contribution in [0, 0.1) is 22.7 Å². The average Bonchev–Trinajstić information content (AvgIpc) is 3.61. The summed E-state index contributed by atoms with van der Waals surface area (Å²) in [6.45, 7) is 5.19. The molecule has 1 aromatic carbocycles. The Bertz CT molecular complexity index is 1340. The van der Waals surface area contributed by atoms with Crippen molar-refractivity contribution in [2.75, 3.05) is 7.05 Å². The zero-order chi connectivity index (χ0) is 28.7. The van der Waals surface area contributed by atoms with E-state index in [4.69, 9.17) is 11.6 Å². The third kappa shape index (κ3) is 7.79. The van der Waals surface area contributed by atoms with Crippen LogP contribution in [0.3, 0.4) is 0 Å². The third-order valence-electron chi connectivity index (χ3n) is 5.90. The van der Waals surface area contributed by atoms with E-state index in [1.54, 1.807) is 23.6 Å². The number of benzene rings is 1. The van der Waals surface area contributed by atoms with E-state index < -0.39 is 41.0 Å². The highest BCUT2D eigenvalue weighted by molar-refractivity contribution is 7.12. The number of halogens is 2. The summed E-state index contributed by atoms with van der Waals surface area (Å²) >= 11 is 8.54. The van der Waals surface area contributed by atoms with E-state index in [9.17, 15) is 24.0 Å². The molecule has 2 aromatic heterocycles. The van der Waals surface area contributed by atoms with E-state index in [1.807, 2.05) is 44.5 Å². The summed E-state index contributed by atoms with van der Waals surface area (Å²) in [5, 5.41) is 20.9. The number of hydrogen-bond donors (Lipinski definition) is 2. The highest BCUT2D eigenvalue weighted by Crippen LogP contribution is 2.23. The zero-order valence-electron chi connectivity index (χ0n) is 21.9. The second-order valence-electron chi connectivity index (χ2n) is 9.83. The number of amides is 3. The Balaban J connectivity index is 1.84. The van der Waals surface area contributed by atoms with Crippen molar-refractivity contribution >= 4 is 52.0 Å². The van der Waals surface area contributed by atoms with Gasteiger partial charge in [-0.05, 0) is 34.4 Å². The van der Waals surface area contributed by atoms with Crippen LogP contribution in [0.25, 0.3) is 0 Å². The molecule has 39 heavy (non-hydrogen) atoms. The molecule has 3 aromatic rings. The molecule has 0 spiro atoms. The Morgan fingerprint density at radius 3 is 2.36 bits per heavy atom. The fourth-order valence-electron chi connectivity index (χ4n) is 3.76. The lowest BCUT2D eigenvalue weighted by Gasteiger charge is -2.34. The molecule has 0 fully saturated rings. The largest absolute Gasteiger partial charge is 0.342 e. The fourth-order valence-corrected chi connectivity index (χ4v) is 5.33. The van der Waals surface area contributed by atoms with Gasteiger partial charge in [0.25, 0.3) is 11.8 Å². The maximum Gasteiger partial charge on any atom is 0.264 e. The van der Waals surface area contributed by atoms with Gasteiger partial charge in [0.1, 0.15) is 17.9 Å². The van der Waals surface area contributed by atoms with Gasteiger partial charge in [-0.15, -0.1) is 22.7 Å². The van der Waals surface area contributed by atoms with Gasteiger partial charge in [0.15, 0.2) is 6.19 Å². The number of thiophene rings is 2. The first-order valence-electron chi connectivity index (χ1n) is 12.0. The Labute approximate surface area is 240 Å². The van der Waals surface area contributed by atoms with Gasteiger partial charge in [-0.2, -0.15) is 5.26 Å². The molecule has 3 rings (SSSR count). The Morgan fingerprint density at radius 2 is 1.77 bits per heavy atom. The van der Waals surface area contributed by atoms with Gasteiger partial charge >= 0.3 is 0 Å². The van der Waals surface area contributed by atoms with Crippen LogP contribution in [0.2, 0.25) is 5.02 Å². The molecule has 8 nitrogen and oxygen atoms in total. The number of carbonyl (C=O) groups is 3. The second kappa shape index (κ2) is 13.1. The van der Waals surface area contributed by atoms with Crippen molar-refractivity contribution in [2.45, 2.75) is 45.8 Å². The molecule has 3 amide bonds. The summed E-state index contributed by atoms with van der Waals surface area (Å²) < 4.78 is 14.5. The van der Waals surface area contributed by atoms with Crippen LogP contribution in [0.4, 0.5) is 4.39 Å². The molecule has 2 heterocycles. The molecule has 0 aliphatic carbocycles. The van der Waals surface area contributed by atoms with Gasteiger partial charge in [0.2, 0.25) is 5.91 Å². The summed E-state index contributed by atoms with van der Waals surface area (Å²) in [5.74, 6) is -2.20. The molecular weight excluding hydrogens is 561 g/mol. The zero-order valence-corrected chi connectivity index (χ0v) is 24.3. The highest BCUT2D eigenvalue weighted by Gasteiger charge is 2.36.